The lowest BCUT2D eigenvalue weighted by molar-refractivity contribution is 1.56. The molecular formula is C19H15+. The first-order chi connectivity index (χ1) is 9.33. The highest BCUT2D eigenvalue weighted by Gasteiger charge is 2.03. The van der Waals surface area contributed by atoms with E-state index in [1.54, 1.807) is 0 Å². The lowest BCUT2D eigenvalue weighted by Crippen LogP contribution is -1.81. The molecule has 0 atom stereocenters. The Balaban J connectivity index is 2.03. The lowest BCUT2D eigenvalue weighted by Gasteiger charge is -2.05. The summed E-state index contributed by atoms with van der Waals surface area (Å²) in [5.74, 6) is 0. The molecule has 0 fully saturated rings. The minimum absolute atomic E-state index is 1.04. The zero-order chi connectivity index (χ0) is 13.1. The van der Waals surface area contributed by atoms with Gasteiger partial charge in [-0.05, 0) is 22.8 Å². The first-order valence-corrected chi connectivity index (χ1v) is 6.41. The van der Waals surface area contributed by atoms with Gasteiger partial charge < -0.3 is 0 Å². The molecule has 0 saturated carbocycles. The van der Waals surface area contributed by atoms with Crippen LogP contribution >= 0.6 is 0 Å². The fourth-order valence-corrected chi connectivity index (χ4v) is 2.21. The van der Waals surface area contributed by atoms with Crippen LogP contribution in [0.4, 0.5) is 0 Å². The summed E-state index contributed by atoms with van der Waals surface area (Å²) >= 11 is 0. The molecule has 0 aromatic heterocycles. The van der Waals surface area contributed by atoms with Crippen molar-refractivity contribution in [2.75, 3.05) is 0 Å². The highest BCUT2D eigenvalue weighted by molar-refractivity contribution is 5.73. The summed E-state index contributed by atoms with van der Waals surface area (Å²) in [4.78, 5) is 0. The van der Waals surface area contributed by atoms with Gasteiger partial charge in [0.15, 0.2) is 0 Å². The summed E-state index contributed by atoms with van der Waals surface area (Å²) in [6.07, 6.45) is 0. The molecule has 0 nitrogen and oxygen atoms in total. The molecule has 0 saturated heterocycles. The van der Waals surface area contributed by atoms with Crippen molar-refractivity contribution in [3.05, 3.63) is 91.3 Å². The Labute approximate surface area is 114 Å². The Morgan fingerprint density at radius 3 is 1.63 bits per heavy atom. The Morgan fingerprint density at radius 1 is 0.474 bits per heavy atom. The van der Waals surface area contributed by atoms with Crippen LogP contribution in [0.3, 0.4) is 0 Å². The van der Waals surface area contributed by atoms with Gasteiger partial charge in [-0.2, -0.15) is 0 Å². The molecule has 0 aliphatic carbocycles. The van der Waals surface area contributed by atoms with Gasteiger partial charge in [-0.1, -0.05) is 48.5 Å². The van der Waals surface area contributed by atoms with Crippen LogP contribution in [0, 0.1) is 6.92 Å². The van der Waals surface area contributed by atoms with Crippen LogP contribution in [0.1, 0.15) is 5.56 Å². The van der Waals surface area contributed by atoms with Gasteiger partial charge >= 0.3 is 0 Å². The smallest absolute Gasteiger partial charge is 0.0622 e. The minimum atomic E-state index is 1.04. The van der Waals surface area contributed by atoms with Crippen LogP contribution in [0.5, 0.6) is 0 Å². The van der Waals surface area contributed by atoms with Gasteiger partial charge in [0.25, 0.3) is 0 Å². The van der Waals surface area contributed by atoms with E-state index in [4.69, 9.17) is 0 Å². The molecular weight excluding hydrogens is 228 g/mol. The lowest BCUT2D eigenvalue weighted by atomic mass is 9.99. The van der Waals surface area contributed by atoms with Crippen molar-refractivity contribution in [1.82, 2.24) is 0 Å². The van der Waals surface area contributed by atoms with Crippen LogP contribution in [-0.4, -0.2) is 0 Å². The number of hydrogen-bond acceptors (Lipinski definition) is 0. The summed E-state index contributed by atoms with van der Waals surface area (Å²) < 4.78 is 0. The van der Waals surface area contributed by atoms with Crippen molar-refractivity contribution < 1.29 is 0 Å². The van der Waals surface area contributed by atoms with Crippen molar-refractivity contribution in [3.8, 4) is 22.3 Å². The van der Waals surface area contributed by atoms with E-state index in [1.165, 1.54) is 22.3 Å². The van der Waals surface area contributed by atoms with Crippen molar-refractivity contribution >= 4 is 0 Å². The molecule has 0 aliphatic rings. The van der Waals surface area contributed by atoms with Gasteiger partial charge in [0.2, 0.25) is 0 Å². The molecule has 90 valence electrons. The maximum Gasteiger partial charge on any atom is 0.126 e. The molecule has 0 unspecified atom stereocenters. The third kappa shape index (κ3) is 2.53. The van der Waals surface area contributed by atoms with Crippen LogP contribution < -0.4 is 0 Å². The number of benzene rings is 3. The minimum Gasteiger partial charge on any atom is -0.0622 e. The largest absolute Gasteiger partial charge is 0.126 e. The SMILES string of the molecule is [CH2+]c1ccc(-c2cccc(-c3ccccc3)c2)cc1. The molecule has 0 N–H and O–H groups in total. The van der Waals surface area contributed by atoms with Gasteiger partial charge in [0.1, 0.15) is 5.56 Å². The normalized spacial score (nSPS) is 10.3. The van der Waals surface area contributed by atoms with Gasteiger partial charge in [0.05, 0.1) is 0 Å². The molecule has 0 amide bonds. The third-order valence-electron chi connectivity index (χ3n) is 3.26. The van der Waals surface area contributed by atoms with E-state index in [1.807, 2.05) is 18.2 Å². The fraction of sp³-hybridized carbons (Fsp3) is 0. The first-order valence-electron chi connectivity index (χ1n) is 6.41. The summed E-state index contributed by atoms with van der Waals surface area (Å²) in [5, 5.41) is 0. The molecule has 3 rings (SSSR count). The average molecular weight is 243 g/mol. The monoisotopic (exact) mass is 243 g/mol. The van der Waals surface area contributed by atoms with Crippen molar-refractivity contribution in [1.29, 1.82) is 0 Å². The van der Waals surface area contributed by atoms with E-state index >= 15 is 0 Å². The van der Waals surface area contributed by atoms with Crippen molar-refractivity contribution in [3.63, 3.8) is 0 Å². The second-order valence-electron chi connectivity index (χ2n) is 4.64. The molecule has 0 bridgehead atoms. The first kappa shape index (κ1) is 11.6. The van der Waals surface area contributed by atoms with Crippen LogP contribution in [0.2, 0.25) is 0 Å². The van der Waals surface area contributed by atoms with Gasteiger partial charge in [0, 0.05) is 36.8 Å². The fourth-order valence-electron chi connectivity index (χ4n) is 2.21. The van der Waals surface area contributed by atoms with E-state index < -0.39 is 0 Å². The zero-order valence-corrected chi connectivity index (χ0v) is 10.7. The highest BCUT2D eigenvalue weighted by Crippen LogP contribution is 2.26. The quantitative estimate of drug-likeness (QED) is 0.542. The molecule has 3 aromatic rings. The van der Waals surface area contributed by atoms with E-state index in [0.29, 0.717) is 0 Å². The van der Waals surface area contributed by atoms with Gasteiger partial charge in [-0.15, -0.1) is 0 Å². The summed E-state index contributed by atoms with van der Waals surface area (Å²) in [6, 6.07) is 27.4. The van der Waals surface area contributed by atoms with E-state index in [0.717, 1.165) is 5.56 Å². The topological polar surface area (TPSA) is 0 Å². The Morgan fingerprint density at radius 2 is 1.00 bits per heavy atom. The summed E-state index contributed by atoms with van der Waals surface area (Å²) in [5.41, 5.74) is 6.00. The number of rotatable bonds is 2. The molecule has 0 radical (unpaired) electrons. The second kappa shape index (κ2) is 5.03. The van der Waals surface area contributed by atoms with E-state index in [-0.39, 0.29) is 0 Å². The Hall–Kier alpha value is -2.47. The predicted molar refractivity (Wildman–Crippen MR) is 81.8 cm³/mol. The van der Waals surface area contributed by atoms with E-state index in [9.17, 15) is 0 Å². The molecule has 0 aliphatic heterocycles. The molecule has 0 heteroatoms. The van der Waals surface area contributed by atoms with Crippen molar-refractivity contribution in [2.45, 2.75) is 0 Å². The Bertz CT molecular complexity index is 664. The maximum absolute atomic E-state index is 3.92. The molecule has 19 heavy (non-hydrogen) atoms. The number of hydrogen-bond donors (Lipinski definition) is 0. The van der Waals surface area contributed by atoms with Crippen LogP contribution in [0.25, 0.3) is 22.3 Å². The van der Waals surface area contributed by atoms with Crippen LogP contribution in [-0.2, 0) is 0 Å². The van der Waals surface area contributed by atoms with Gasteiger partial charge in [-0.25, -0.2) is 0 Å². The predicted octanol–water partition coefficient (Wildman–Crippen LogP) is 5.20. The summed E-state index contributed by atoms with van der Waals surface area (Å²) in [7, 11) is 0. The highest BCUT2D eigenvalue weighted by atomic mass is 14.1. The summed E-state index contributed by atoms with van der Waals surface area (Å²) in [6.45, 7) is 3.92. The van der Waals surface area contributed by atoms with Crippen LogP contribution in [0.15, 0.2) is 78.9 Å². The van der Waals surface area contributed by atoms with Gasteiger partial charge in [-0.3, -0.25) is 0 Å². The Kier molecular flexibility index (Phi) is 3.07. The third-order valence-corrected chi connectivity index (χ3v) is 3.26. The molecule has 0 spiro atoms. The van der Waals surface area contributed by atoms with E-state index in [2.05, 4.69) is 67.6 Å². The molecule has 0 heterocycles. The second-order valence-corrected chi connectivity index (χ2v) is 4.64. The zero-order valence-electron chi connectivity index (χ0n) is 10.7. The average Bonchev–Trinajstić information content (AvgIpc) is 2.49. The standard InChI is InChI=1S/C19H15/c1-15-10-12-17(13-11-15)19-9-5-8-18(14-19)16-6-3-2-4-7-16/h2-14H,1H2/q+1. The molecule has 3 aromatic carbocycles. The maximum atomic E-state index is 3.92. The van der Waals surface area contributed by atoms with Crippen molar-refractivity contribution in [2.24, 2.45) is 0 Å².